The van der Waals surface area contributed by atoms with Crippen molar-refractivity contribution in [1.82, 2.24) is 0 Å². The normalized spacial score (nSPS) is 12.0. The minimum Gasteiger partial charge on any atom is -0.245 e. The predicted molar refractivity (Wildman–Crippen MR) is 79.7 cm³/mol. The zero-order chi connectivity index (χ0) is 16.5. The fourth-order valence-corrected chi connectivity index (χ4v) is 2.19. The van der Waals surface area contributed by atoms with Gasteiger partial charge < -0.3 is 0 Å². The second-order valence-electron chi connectivity index (χ2n) is 4.53. The van der Waals surface area contributed by atoms with E-state index in [1.54, 1.807) is 0 Å². The fourth-order valence-electron chi connectivity index (χ4n) is 1.14. The second-order valence-corrected chi connectivity index (χ2v) is 6.19. The van der Waals surface area contributed by atoms with E-state index >= 15 is 0 Å². The van der Waals surface area contributed by atoms with Crippen LogP contribution in [0.15, 0.2) is 0 Å². The Bertz CT molecular complexity index is 201. The summed E-state index contributed by atoms with van der Waals surface area (Å²) in [6.07, 6.45) is 5.36. The summed E-state index contributed by atoms with van der Waals surface area (Å²) in [7, 11) is -2.53. The molecule has 0 radical (unpaired) electrons. The highest BCUT2D eigenvalue weighted by Crippen LogP contribution is 2.15. The van der Waals surface area contributed by atoms with Crippen LogP contribution in [0.3, 0.4) is 0 Å². The van der Waals surface area contributed by atoms with Gasteiger partial charge in [-0.05, 0) is 19.3 Å². The van der Waals surface area contributed by atoms with Crippen molar-refractivity contribution < 1.29 is 37.9 Å². The van der Waals surface area contributed by atoms with E-state index in [0.717, 1.165) is 38.5 Å². The van der Waals surface area contributed by atoms with Gasteiger partial charge in [0.2, 0.25) is 0 Å². The monoisotopic (exact) mass is 342 g/mol. The lowest BCUT2D eigenvalue weighted by molar-refractivity contribution is -0.423. The minimum absolute atomic E-state index is 0.370. The van der Waals surface area contributed by atoms with Crippen LogP contribution in [-0.2, 0) is 37.9 Å². The molecule has 0 heterocycles. The van der Waals surface area contributed by atoms with Gasteiger partial charge in [0.05, 0.1) is 26.9 Å². The second kappa shape index (κ2) is 15.8. The van der Waals surface area contributed by atoms with Gasteiger partial charge in [-0.2, -0.15) is 18.3 Å². The largest absolute Gasteiger partial charge is 0.792 e. The van der Waals surface area contributed by atoms with Crippen molar-refractivity contribution in [3.8, 4) is 0 Å². The van der Waals surface area contributed by atoms with Crippen molar-refractivity contribution in [2.24, 2.45) is 0 Å². The number of unbranched alkanes of at least 4 members (excludes halogenated alkanes) is 3. The molecule has 0 atom stereocenters. The molecule has 0 bridgehead atoms. The van der Waals surface area contributed by atoms with Crippen molar-refractivity contribution >= 4 is 9.05 Å². The smallest absolute Gasteiger partial charge is 0.245 e. The first-order chi connectivity index (χ1) is 10.7. The van der Waals surface area contributed by atoms with Gasteiger partial charge >= 0.3 is 9.05 Å². The van der Waals surface area contributed by atoms with Gasteiger partial charge in [-0.1, -0.05) is 40.0 Å². The fraction of sp³-hybridized carbons (Fsp3) is 1.00. The Morgan fingerprint density at radius 2 is 0.955 bits per heavy atom. The van der Waals surface area contributed by atoms with Gasteiger partial charge in [0.15, 0.2) is 0 Å². The third kappa shape index (κ3) is 11.5. The zero-order valence-electron chi connectivity index (χ0n) is 14.1. The van der Waals surface area contributed by atoms with Gasteiger partial charge in [0.1, 0.15) is 0 Å². The maximum absolute atomic E-state index is 5.13. The van der Waals surface area contributed by atoms with Crippen LogP contribution in [-0.4, -0.2) is 36.0 Å². The molecule has 22 heavy (non-hydrogen) atoms. The molecule has 0 fully saturated rings. The quantitative estimate of drug-likeness (QED) is 0.173. The summed E-state index contributed by atoms with van der Waals surface area (Å²) in [6.45, 7) is 7.22. The molecule has 9 heteroatoms. The lowest BCUT2D eigenvalue weighted by atomic mass is 10.4. The molecule has 0 saturated carbocycles. The van der Waals surface area contributed by atoms with E-state index in [0.29, 0.717) is 19.8 Å². The summed E-state index contributed by atoms with van der Waals surface area (Å²) in [6, 6.07) is 0. The van der Waals surface area contributed by atoms with Crippen molar-refractivity contribution in [3.63, 3.8) is 0 Å². The van der Waals surface area contributed by atoms with Crippen LogP contribution >= 0.6 is 0 Å². The number of hydrogen-bond acceptors (Lipinski definition) is 8. The van der Waals surface area contributed by atoms with E-state index in [-0.39, 0.29) is 0 Å². The molecule has 0 spiro atoms. The van der Waals surface area contributed by atoms with E-state index in [9.17, 15) is 0 Å². The Kier molecular flexibility index (Phi) is 15.7. The SMILES string of the molecule is CCCCOO[Si](OOC)(OOCCCC)OOCCCC. The van der Waals surface area contributed by atoms with Gasteiger partial charge in [-0.15, -0.1) is 0 Å². The van der Waals surface area contributed by atoms with Gasteiger partial charge in [0.25, 0.3) is 0 Å². The van der Waals surface area contributed by atoms with Crippen molar-refractivity contribution in [2.75, 3.05) is 26.9 Å². The van der Waals surface area contributed by atoms with Gasteiger partial charge in [-0.25, -0.2) is 19.6 Å². The molecule has 0 unspecified atom stereocenters. The van der Waals surface area contributed by atoms with E-state index in [1.165, 1.54) is 7.11 Å². The van der Waals surface area contributed by atoms with Crippen LogP contribution in [0.2, 0.25) is 0 Å². The molecule has 134 valence electrons. The van der Waals surface area contributed by atoms with Crippen molar-refractivity contribution in [1.29, 1.82) is 0 Å². The first-order valence-electron chi connectivity index (χ1n) is 7.88. The summed E-state index contributed by atoms with van der Waals surface area (Å²) in [5, 5.41) is 0. The third-order valence-electron chi connectivity index (χ3n) is 2.41. The number of rotatable bonds is 17. The Morgan fingerprint density at radius 3 is 1.23 bits per heavy atom. The van der Waals surface area contributed by atoms with Crippen LogP contribution in [0.5, 0.6) is 0 Å². The van der Waals surface area contributed by atoms with Crippen LogP contribution in [0.25, 0.3) is 0 Å². The average Bonchev–Trinajstić information content (AvgIpc) is 2.53. The molecule has 0 N–H and O–H groups in total. The Labute approximate surface area is 134 Å². The molecule has 0 saturated heterocycles. The van der Waals surface area contributed by atoms with Gasteiger partial charge in [-0.3, -0.25) is 0 Å². The first-order valence-corrected chi connectivity index (χ1v) is 9.51. The molecular weight excluding hydrogens is 312 g/mol. The Hall–Kier alpha value is -0.103. The van der Waals surface area contributed by atoms with Crippen LogP contribution in [0, 0.1) is 0 Å². The molecular formula is C13H30O8Si. The first kappa shape index (κ1) is 21.9. The number of hydrogen-bond donors (Lipinski definition) is 0. The average molecular weight is 342 g/mol. The molecule has 0 aliphatic heterocycles. The lowest BCUT2D eigenvalue weighted by Gasteiger charge is -2.22. The molecule has 0 rings (SSSR count). The molecule has 0 aromatic rings. The van der Waals surface area contributed by atoms with Crippen molar-refractivity contribution in [2.45, 2.75) is 59.3 Å². The van der Waals surface area contributed by atoms with E-state index < -0.39 is 9.05 Å². The summed E-state index contributed by atoms with van der Waals surface area (Å²) in [4.78, 5) is 19.8. The highest BCUT2D eigenvalue weighted by molar-refractivity contribution is 6.52. The minimum atomic E-state index is -3.83. The third-order valence-corrected chi connectivity index (χ3v) is 3.75. The molecule has 0 aliphatic rings. The molecule has 0 amide bonds. The predicted octanol–water partition coefficient (Wildman–Crippen LogP) is 3.24. The standard InChI is InChI=1S/C13H30O8Si/c1-5-8-11-15-19-22(18-14-4,20-16-12-9-6-2)21-17-13-10-7-3/h5-13H2,1-4H3. The lowest BCUT2D eigenvalue weighted by Crippen LogP contribution is -2.49. The van der Waals surface area contributed by atoms with Crippen molar-refractivity contribution in [3.05, 3.63) is 0 Å². The van der Waals surface area contributed by atoms with E-state index in [2.05, 4.69) is 4.89 Å². The van der Waals surface area contributed by atoms with Crippen LogP contribution < -0.4 is 0 Å². The highest BCUT2D eigenvalue weighted by atomic mass is 28.4. The van der Waals surface area contributed by atoms with E-state index in [1.807, 2.05) is 20.8 Å². The van der Waals surface area contributed by atoms with Crippen LogP contribution in [0.1, 0.15) is 59.3 Å². The van der Waals surface area contributed by atoms with Gasteiger partial charge in [0, 0.05) is 0 Å². The van der Waals surface area contributed by atoms with E-state index in [4.69, 9.17) is 33.0 Å². The highest BCUT2D eigenvalue weighted by Gasteiger charge is 2.54. The Balaban J connectivity index is 4.39. The summed E-state index contributed by atoms with van der Waals surface area (Å²) in [5.74, 6) is 0. The Morgan fingerprint density at radius 1 is 0.591 bits per heavy atom. The molecule has 0 aromatic carbocycles. The molecule has 8 nitrogen and oxygen atoms in total. The molecule has 0 aliphatic carbocycles. The summed E-state index contributed by atoms with van der Waals surface area (Å²) in [5.41, 5.74) is 0. The topological polar surface area (TPSA) is 73.8 Å². The van der Waals surface area contributed by atoms with Crippen LogP contribution in [0.4, 0.5) is 0 Å². The maximum atomic E-state index is 5.13. The zero-order valence-corrected chi connectivity index (χ0v) is 15.1. The molecule has 0 aromatic heterocycles. The summed E-state index contributed by atoms with van der Waals surface area (Å²) < 4.78 is 20.4. The maximum Gasteiger partial charge on any atom is 0.792 e. The summed E-state index contributed by atoms with van der Waals surface area (Å²) >= 11 is 0.